The van der Waals surface area contributed by atoms with Gasteiger partial charge in [0.15, 0.2) is 6.21 Å². The van der Waals surface area contributed by atoms with Crippen LogP contribution in [0.2, 0.25) is 0 Å². The number of anilines is 2. The number of hydrogen-bond donors (Lipinski definition) is 1. The van der Waals surface area contributed by atoms with E-state index in [1.54, 1.807) is 13.3 Å². The van der Waals surface area contributed by atoms with Crippen LogP contribution in [-0.4, -0.2) is 49.2 Å². The lowest BCUT2D eigenvalue weighted by molar-refractivity contribution is -0.517. The molecule has 0 bridgehead atoms. The van der Waals surface area contributed by atoms with Crippen LogP contribution in [0.4, 0.5) is 11.4 Å². The van der Waals surface area contributed by atoms with Gasteiger partial charge >= 0.3 is 17.6 Å². The Morgan fingerprint density at radius 2 is 1.46 bits per heavy atom. The maximum absolute atomic E-state index is 12.9. The van der Waals surface area contributed by atoms with E-state index in [1.165, 1.54) is 11.7 Å². The lowest BCUT2D eigenvalue weighted by atomic mass is 10.0. The molecule has 0 radical (unpaired) electrons. The van der Waals surface area contributed by atoms with Gasteiger partial charge in [0.2, 0.25) is 0 Å². The van der Waals surface area contributed by atoms with E-state index in [4.69, 9.17) is 14.2 Å². The Kier molecular flexibility index (Phi) is 6.82. The minimum atomic E-state index is -1.06. The molecule has 0 aliphatic carbocycles. The van der Waals surface area contributed by atoms with E-state index in [2.05, 4.69) is 0 Å². The molecule has 35 heavy (non-hydrogen) atoms. The molecule has 1 aliphatic heterocycles. The van der Waals surface area contributed by atoms with Crippen LogP contribution in [0, 0.1) is 0 Å². The van der Waals surface area contributed by atoms with Gasteiger partial charge < -0.3 is 19.3 Å². The molecule has 0 unspecified atom stereocenters. The van der Waals surface area contributed by atoms with Crippen LogP contribution < -0.4 is 9.64 Å². The molecule has 1 N–H and O–H groups in total. The zero-order chi connectivity index (χ0) is 24.9. The summed E-state index contributed by atoms with van der Waals surface area (Å²) in [5.41, 5.74) is 2.88. The third-order valence-corrected chi connectivity index (χ3v) is 5.67. The van der Waals surface area contributed by atoms with E-state index < -0.39 is 23.9 Å². The predicted molar refractivity (Wildman–Crippen MR) is 130 cm³/mol. The highest BCUT2D eigenvalue weighted by Gasteiger charge is 2.44. The van der Waals surface area contributed by atoms with E-state index in [0.29, 0.717) is 5.75 Å². The molecule has 1 atom stereocenters. The van der Waals surface area contributed by atoms with Crippen molar-refractivity contribution in [3.63, 3.8) is 0 Å². The molecule has 0 saturated carbocycles. The molecular formula is C27H25N2O6+. The SMILES string of the molecule is COC(=O)/C(O)=C(\C(=O)OC)[N+]1=Cc2ccccc2N(c2ccc(OC)cc2)[C@H]1c1ccccc1. The van der Waals surface area contributed by atoms with Gasteiger partial charge in [-0.1, -0.05) is 42.5 Å². The first kappa shape index (κ1) is 23.6. The average molecular weight is 474 g/mol. The number of hydrogen-bond acceptors (Lipinski definition) is 7. The standard InChI is InChI=1S/C27H24N2O6/c1-33-21-15-13-20(14-16-21)29-22-12-8-7-11-19(22)17-28(25(29)18-9-5-4-6-10-18)23(26(31)34-2)24(30)27(32)35-3/h4-17,25H,1-3H3/p+1/t25-/m0/s1. The molecule has 0 aromatic heterocycles. The summed E-state index contributed by atoms with van der Waals surface area (Å²) >= 11 is 0. The molecule has 178 valence electrons. The van der Waals surface area contributed by atoms with Gasteiger partial charge in [-0.2, -0.15) is 4.58 Å². The van der Waals surface area contributed by atoms with Gasteiger partial charge in [0.05, 0.1) is 32.6 Å². The number of rotatable bonds is 6. The smallest absolute Gasteiger partial charge is 0.407 e. The minimum Gasteiger partial charge on any atom is -0.497 e. The number of carbonyl (C=O) groups excluding carboxylic acids is 2. The van der Waals surface area contributed by atoms with Gasteiger partial charge in [-0.3, -0.25) is 4.90 Å². The molecule has 3 aromatic rings. The first-order valence-corrected chi connectivity index (χ1v) is 10.8. The van der Waals surface area contributed by atoms with E-state index in [9.17, 15) is 14.7 Å². The fourth-order valence-electron chi connectivity index (χ4n) is 4.05. The van der Waals surface area contributed by atoms with Crippen molar-refractivity contribution in [2.75, 3.05) is 26.2 Å². The Morgan fingerprint density at radius 3 is 2.09 bits per heavy atom. The molecule has 4 rings (SSSR count). The number of fused-ring (bicyclic) bond motifs is 1. The molecule has 0 spiro atoms. The Balaban J connectivity index is 2.05. The molecule has 8 heteroatoms. The topological polar surface area (TPSA) is 88.3 Å². The Labute approximate surface area is 202 Å². The Bertz CT molecular complexity index is 1300. The van der Waals surface area contributed by atoms with Gasteiger partial charge in [-0.05, 0) is 36.4 Å². The van der Waals surface area contributed by atoms with E-state index in [0.717, 1.165) is 29.6 Å². The number of carbonyl (C=O) groups is 2. The molecule has 0 saturated heterocycles. The summed E-state index contributed by atoms with van der Waals surface area (Å²) in [5.74, 6) is -2.11. The van der Waals surface area contributed by atoms with E-state index in [-0.39, 0.29) is 5.70 Å². The monoisotopic (exact) mass is 473 g/mol. The van der Waals surface area contributed by atoms with Crippen LogP contribution in [0.1, 0.15) is 17.3 Å². The lowest BCUT2D eigenvalue weighted by Gasteiger charge is -2.35. The van der Waals surface area contributed by atoms with Gasteiger partial charge in [-0.25, -0.2) is 9.59 Å². The first-order valence-electron chi connectivity index (χ1n) is 10.8. The largest absolute Gasteiger partial charge is 0.497 e. The fourth-order valence-corrected chi connectivity index (χ4v) is 4.05. The summed E-state index contributed by atoms with van der Waals surface area (Å²) in [6.07, 6.45) is 1.04. The van der Waals surface area contributed by atoms with Crippen molar-refractivity contribution in [2.45, 2.75) is 6.17 Å². The molecule has 1 heterocycles. The molecule has 8 nitrogen and oxygen atoms in total. The van der Waals surface area contributed by atoms with E-state index in [1.807, 2.05) is 83.8 Å². The van der Waals surface area contributed by atoms with Crippen LogP contribution >= 0.6 is 0 Å². The van der Waals surface area contributed by atoms with Crippen molar-refractivity contribution in [1.82, 2.24) is 0 Å². The van der Waals surface area contributed by atoms with Gasteiger partial charge in [0.25, 0.3) is 11.9 Å². The Hall–Kier alpha value is -4.59. The van der Waals surface area contributed by atoms with Crippen molar-refractivity contribution in [3.8, 4) is 5.75 Å². The van der Waals surface area contributed by atoms with Crippen LogP contribution in [0.3, 0.4) is 0 Å². The van der Waals surface area contributed by atoms with Crippen molar-refractivity contribution in [1.29, 1.82) is 0 Å². The zero-order valence-electron chi connectivity index (χ0n) is 19.5. The molecular weight excluding hydrogens is 448 g/mol. The van der Waals surface area contributed by atoms with Crippen LogP contribution in [0.5, 0.6) is 5.75 Å². The third kappa shape index (κ3) is 4.46. The highest BCUT2D eigenvalue weighted by molar-refractivity contribution is 5.98. The van der Waals surface area contributed by atoms with E-state index >= 15 is 0 Å². The number of aliphatic hydroxyl groups is 1. The molecule has 3 aromatic carbocycles. The van der Waals surface area contributed by atoms with Crippen LogP contribution in [0.25, 0.3) is 0 Å². The minimum absolute atomic E-state index is 0.346. The zero-order valence-corrected chi connectivity index (χ0v) is 19.5. The number of methoxy groups -OCH3 is 3. The Morgan fingerprint density at radius 1 is 0.829 bits per heavy atom. The maximum Gasteiger partial charge on any atom is 0.407 e. The van der Waals surface area contributed by atoms with Gasteiger partial charge in [0.1, 0.15) is 5.75 Å². The summed E-state index contributed by atoms with van der Waals surface area (Å²) in [4.78, 5) is 27.3. The normalized spacial score (nSPS) is 15.3. The average Bonchev–Trinajstić information content (AvgIpc) is 2.92. The number of esters is 2. The lowest BCUT2D eigenvalue weighted by Crippen LogP contribution is -2.40. The number of benzene rings is 3. The van der Waals surface area contributed by atoms with Crippen LogP contribution in [-0.2, 0) is 19.1 Å². The first-order chi connectivity index (χ1) is 17.0. The number of ether oxygens (including phenoxy) is 3. The number of aliphatic hydroxyl groups excluding tert-OH is 1. The molecule has 0 fully saturated rings. The highest BCUT2D eigenvalue weighted by atomic mass is 16.5. The van der Waals surface area contributed by atoms with Crippen molar-refractivity contribution in [2.24, 2.45) is 0 Å². The summed E-state index contributed by atoms with van der Waals surface area (Å²) < 4.78 is 16.5. The maximum atomic E-state index is 12.9. The predicted octanol–water partition coefficient (Wildman–Crippen LogP) is 4.09. The summed E-state index contributed by atoms with van der Waals surface area (Å²) in [6, 6.07) is 24.5. The van der Waals surface area contributed by atoms with Crippen LogP contribution in [0.15, 0.2) is 90.3 Å². The quantitative estimate of drug-likeness (QED) is 0.250. The molecule has 1 aliphatic rings. The highest BCUT2D eigenvalue weighted by Crippen LogP contribution is 2.41. The molecule has 0 amide bonds. The van der Waals surface area contributed by atoms with Gasteiger partial charge in [-0.15, -0.1) is 0 Å². The third-order valence-electron chi connectivity index (χ3n) is 5.67. The summed E-state index contributed by atoms with van der Waals surface area (Å²) in [5, 5.41) is 10.8. The van der Waals surface area contributed by atoms with Crippen molar-refractivity contribution < 1.29 is 33.5 Å². The van der Waals surface area contributed by atoms with Gasteiger partial charge in [0, 0.05) is 11.3 Å². The fraction of sp³-hybridized carbons (Fsp3) is 0.148. The number of nitrogens with zero attached hydrogens (tertiary/aromatic N) is 2. The number of para-hydroxylation sites is 1. The second kappa shape index (κ2) is 10.1. The second-order valence-electron chi connectivity index (χ2n) is 7.63. The second-order valence-corrected chi connectivity index (χ2v) is 7.63. The summed E-state index contributed by atoms with van der Waals surface area (Å²) in [7, 11) is 3.91. The van der Waals surface area contributed by atoms with Crippen molar-refractivity contribution >= 4 is 29.5 Å². The van der Waals surface area contributed by atoms with Crippen molar-refractivity contribution in [3.05, 3.63) is 101 Å². The summed E-state index contributed by atoms with van der Waals surface area (Å²) in [6.45, 7) is 0.